The SMILES string of the molecule is Cc1nc(-c2ccc(S(C)(=O)=O)c([N+](=O)[O-])c2)sc1C(=O)N1C[C@@]2(C)C[C@@H]1CC(C)(C)C2. The summed E-state index contributed by atoms with van der Waals surface area (Å²) in [7, 11) is -3.75. The second-order valence-electron chi connectivity index (χ2n) is 10.3. The summed E-state index contributed by atoms with van der Waals surface area (Å²) in [5.41, 5.74) is 0.821. The van der Waals surface area contributed by atoms with E-state index in [0.717, 1.165) is 32.1 Å². The lowest BCUT2D eigenvalue weighted by Crippen LogP contribution is -2.37. The highest BCUT2D eigenvalue weighted by Crippen LogP contribution is 2.53. The molecule has 172 valence electrons. The van der Waals surface area contributed by atoms with E-state index in [2.05, 4.69) is 25.8 Å². The lowest BCUT2D eigenvalue weighted by atomic mass is 9.65. The molecule has 2 atom stereocenters. The van der Waals surface area contributed by atoms with E-state index in [4.69, 9.17) is 0 Å². The van der Waals surface area contributed by atoms with Crippen LogP contribution < -0.4 is 0 Å². The predicted molar refractivity (Wildman–Crippen MR) is 123 cm³/mol. The third-order valence-corrected chi connectivity index (χ3v) is 8.81. The number of hydrogen-bond acceptors (Lipinski definition) is 7. The van der Waals surface area contributed by atoms with Crippen LogP contribution in [0.5, 0.6) is 0 Å². The number of thiazole rings is 1. The fraction of sp³-hybridized carbons (Fsp3) is 0.545. The van der Waals surface area contributed by atoms with Gasteiger partial charge >= 0.3 is 0 Å². The highest BCUT2D eigenvalue weighted by molar-refractivity contribution is 7.90. The van der Waals surface area contributed by atoms with Crippen molar-refractivity contribution in [2.24, 2.45) is 10.8 Å². The smallest absolute Gasteiger partial charge is 0.288 e. The number of nitro groups is 1. The second kappa shape index (κ2) is 7.34. The average Bonchev–Trinajstić information content (AvgIpc) is 3.15. The summed E-state index contributed by atoms with van der Waals surface area (Å²) in [5.74, 6) is -0.0417. The molecule has 0 radical (unpaired) electrons. The molecule has 1 aromatic carbocycles. The van der Waals surface area contributed by atoms with Crippen molar-refractivity contribution in [1.82, 2.24) is 9.88 Å². The topological polar surface area (TPSA) is 110 Å². The molecule has 2 heterocycles. The maximum atomic E-state index is 13.5. The number of carbonyl (C=O) groups is 1. The van der Waals surface area contributed by atoms with Crippen LogP contribution in [0.4, 0.5) is 5.69 Å². The zero-order valence-electron chi connectivity index (χ0n) is 18.8. The Balaban J connectivity index is 1.68. The number of nitrogens with zero attached hydrogens (tertiary/aromatic N) is 3. The van der Waals surface area contributed by atoms with Gasteiger partial charge in [-0.25, -0.2) is 13.4 Å². The Morgan fingerprint density at radius 1 is 1.28 bits per heavy atom. The van der Waals surface area contributed by atoms with Crippen molar-refractivity contribution < 1.29 is 18.1 Å². The number of fused-ring (bicyclic) bond motifs is 2. The fourth-order valence-corrected chi connectivity index (χ4v) is 7.50. The number of carbonyl (C=O) groups excluding carboxylic acids is 1. The van der Waals surface area contributed by atoms with Gasteiger partial charge in [0.1, 0.15) is 14.8 Å². The Labute approximate surface area is 191 Å². The third kappa shape index (κ3) is 4.05. The molecule has 0 spiro atoms. The number of sulfone groups is 1. The summed E-state index contributed by atoms with van der Waals surface area (Å²) in [6.07, 6.45) is 4.00. The van der Waals surface area contributed by atoms with Gasteiger partial charge in [-0.2, -0.15) is 0 Å². The van der Waals surface area contributed by atoms with E-state index < -0.39 is 20.4 Å². The van der Waals surface area contributed by atoms with Crippen molar-refractivity contribution in [1.29, 1.82) is 0 Å². The fourth-order valence-electron chi connectivity index (χ4n) is 5.65. The molecule has 1 aromatic heterocycles. The van der Waals surface area contributed by atoms with Crippen LogP contribution in [-0.2, 0) is 9.84 Å². The number of hydrogen-bond donors (Lipinski definition) is 0. The normalized spacial score (nSPS) is 24.5. The van der Waals surface area contributed by atoms with E-state index in [1.54, 1.807) is 6.92 Å². The predicted octanol–water partition coefficient (Wildman–Crippen LogP) is 4.47. The largest absolute Gasteiger partial charge is 0.334 e. The van der Waals surface area contributed by atoms with Crippen molar-refractivity contribution in [3.05, 3.63) is 38.9 Å². The summed E-state index contributed by atoms with van der Waals surface area (Å²) >= 11 is 1.20. The summed E-state index contributed by atoms with van der Waals surface area (Å²) < 4.78 is 23.8. The van der Waals surface area contributed by atoms with Crippen molar-refractivity contribution in [2.75, 3.05) is 12.8 Å². The average molecular weight is 478 g/mol. The van der Waals surface area contributed by atoms with E-state index in [0.29, 0.717) is 21.1 Å². The van der Waals surface area contributed by atoms with Crippen LogP contribution in [0.15, 0.2) is 23.1 Å². The standard InChI is InChI=1S/C22H27N3O5S2/c1-13-18(20(26)24-12-22(4)10-15(24)9-21(2,3)11-22)31-19(23-13)14-6-7-17(32(5,29)30)16(8-14)25(27)28/h6-8,15H,9-12H2,1-5H3/t15-,22-/m0/s1. The zero-order valence-corrected chi connectivity index (χ0v) is 20.5. The molecule has 2 fully saturated rings. The second-order valence-corrected chi connectivity index (χ2v) is 13.3. The first kappa shape index (κ1) is 22.8. The van der Waals surface area contributed by atoms with E-state index in [1.165, 1.54) is 29.5 Å². The van der Waals surface area contributed by atoms with E-state index in [1.807, 2.05) is 4.90 Å². The molecular formula is C22H27N3O5S2. The van der Waals surface area contributed by atoms with Gasteiger partial charge in [0.25, 0.3) is 11.6 Å². The first-order valence-electron chi connectivity index (χ1n) is 10.5. The lowest BCUT2D eigenvalue weighted by Gasteiger charge is -2.39. The first-order chi connectivity index (χ1) is 14.7. The molecule has 2 aromatic rings. The number of likely N-dealkylation sites (tertiary alicyclic amines) is 1. The molecule has 10 heteroatoms. The Kier molecular flexibility index (Phi) is 5.24. The van der Waals surface area contributed by atoms with Crippen LogP contribution in [0.2, 0.25) is 0 Å². The van der Waals surface area contributed by atoms with Gasteiger partial charge in [-0.15, -0.1) is 11.3 Å². The molecule has 4 rings (SSSR count). The molecule has 1 saturated carbocycles. The minimum atomic E-state index is -3.75. The van der Waals surface area contributed by atoms with Gasteiger partial charge in [-0.3, -0.25) is 14.9 Å². The molecule has 0 unspecified atom stereocenters. The van der Waals surface area contributed by atoms with Crippen molar-refractivity contribution in [2.45, 2.75) is 57.9 Å². The van der Waals surface area contributed by atoms with Gasteiger partial charge in [0.2, 0.25) is 0 Å². The monoisotopic (exact) mass is 477 g/mol. The van der Waals surface area contributed by atoms with Crippen LogP contribution in [0.1, 0.15) is 55.4 Å². The van der Waals surface area contributed by atoms with Crippen molar-refractivity contribution >= 4 is 32.8 Å². The number of benzene rings is 1. The van der Waals surface area contributed by atoms with Gasteiger partial charge < -0.3 is 4.90 Å². The van der Waals surface area contributed by atoms with E-state index >= 15 is 0 Å². The van der Waals surface area contributed by atoms with Crippen molar-refractivity contribution in [3.63, 3.8) is 0 Å². The summed E-state index contributed by atoms with van der Waals surface area (Å²) in [6, 6.07) is 4.15. The number of nitro benzene ring substituents is 1. The third-order valence-electron chi connectivity index (χ3n) is 6.47. The minimum absolute atomic E-state index is 0.0417. The molecule has 1 amide bonds. The Morgan fingerprint density at radius 3 is 2.59 bits per heavy atom. The molecule has 0 N–H and O–H groups in total. The number of amides is 1. The van der Waals surface area contributed by atoms with E-state index in [9.17, 15) is 23.3 Å². The Bertz CT molecular complexity index is 1230. The highest BCUT2D eigenvalue weighted by Gasteiger charge is 2.51. The molecule has 32 heavy (non-hydrogen) atoms. The minimum Gasteiger partial charge on any atom is -0.334 e. The van der Waals surface area contributed by atoms with Crippen LogP contribution in [0.3, 0.4) is 0 Å². The quantitative estimate of drug-likeness (QED) is 0.474. The lowest BCUT2D eigenvalue weighted by molar-refractivity contribution is -0.387. The number of aryl methyl sites for hydroxylation is 1. The molecule has 8 nitrogen and oxygen atoms in total. The van der Waals surface area contributed by atoms with Crippen LogP contribution in [0.25, 0.3) is 10.6 Å². The summed E-state index contributed by atoms with van der Waals surface area (Å²) in [4.78, 5) is 30.9. The van der Waals surface area contributed by atoms with E-state index in [-0.39, 0.29) is 27.7 Å². The van der Waals surface area contributed by atoms with Gasteiger partial charge in [0.05, 0.1) is 10.6 Å². The van der Waals surface area contributed by atoms with Gasteiger partial charge in [0, 0.05) is 30.5 Å². The molecular weight excluding hydrogens is 450 g/mol. The van der Waals surface area contributed by atoms with Gasteiger partial charge in [-0.05, 0) is 43.1 Å². The van der Waals surface area contributed by atoms with Gasteiger partial charge in [-0.1, -0.05) is 26.8 Å². The Morgan fingerprint density at radius 2 is 1.97 bits per heavy atom. The number of aromatic nitrogens is 1. The molecule has 1 aliphatic carbocycles. The Hall–Kier alpha value is -2.33. The maximum Gasteiger partial charge on any atom is 0.288 e. The maximum absolute atomic E-state index is 13.5. The molecule has 1 aliphatic heterocycles. The molecule has 2 aliphatic rings. The highest BCUT2D eigenvalue weighted by atomic mass is 32.2. The summed E-state index contributed by atoms with van der Waals surface area (Å²) in [6.45, 7) is 9.26. The molecule has 2 bridgehead atoms. The van der Waals surface area contributed by atoms with Gasteiger partial charge in [0.15, 0.2) is 9.84 Å². The van der Waals surface area contributed by atoms with Crippen LogP contribution in [0, 0.1) is 27.9 Å². The van der Waals surface area contributed by atoms with Crippen molar-refractivity contribution in [3.8, 4) is 10.6 Å². The summed E-state index contributed by atoms with van der Waals surface area (Å²) in [5, 5.41) is 11.9. The molecule has 1 saturated heterocycles. The number of rotatable bonds is 4. The first-order valence-corrected chi connectivity index (χ1v) is 13.2. The zero-order chi connectivity index (χ0) is 23.6. The van der Waals surface area contributed by atoms with Crippen LogP contribution in [-0.4, -0.2) is 48.0 Å². The van der Waals surface area contributed by atoms with Crippen LogP contribution >= 0.6 is 11.3 Å².